The highest BCUT2D eigenvalue weighted by atomic mass is 16.1. The van der Waals surface area contributed by atoms with Crippen molar-refractivity contribution in [2.45, 2.75) is 26.3 Å². The standard InChI is InChI=1S/C12H19N3O/c1-10(5-4-7-13)12(16)15-9-11-6-2-3-8-14-11/h2-3,6,8,10H,4-5,7,9,13H2,1H3,(H,15,16). The average molecular weight is 221 g/mol. The van der Waals surface area contributed by atoms with E-state index in [4.69, 9.17) is 5.73 Å². The third kappa shape index (κ3) is 4.40. The second-order valence-electron chi connectivity index (χ2n) is 3.87. The van der Waals surface area contributed by atoms with Gasteiger partial charge in [-0.2, -0.15) is 0 Å². The number of hydrogen-bond donors (Lipinski definition) is 2. The summed E-state index contributed by atoms with van der Waals surface area (Å²) in [7, 11) is 0. The number of amides is 1. The van der Waals surface area contributed by atoms with Crippen LogP contribution in [0.25, 0.3) is 0 Å². The van der Waals surface area contributed by atoms with Crippen molar-refractivity contribution in [3.05, 3.63) is 30.1 Å². The Labute approximate surface area is 96.3 Å². The Hall–Kier alpha value is -1.42. The first kappa shape index (κ1) is 12.6. The van der Waals surface area contributed by atoms with Crippen LogP contribution in [0.5, 0.6) is 0 Å². The van der Waals surface area contributed by atoms with E-state index in [0.717, 1.165) is 18.5 Å². The molecule has 0 aromatic carbocycles. The van der Waals surface area contributed by atoms with Crippen LogP contribution in [0.2, 0.25) is 0 Å². The highest BCUT2D eigenvalue weighted by molar-refractivity contribution is 5.78. The van der Waals surface area contributed by atoms with Crippen LogP contribution in [0.3, 0.4) is 0 Å². The van der Waals surface area contributed by atoms with Crippen LogP contribution in [0, 0.1) is 5.92 Å². The summed E-state index contributed by atoms with van der Waals surface area (Å²) in [5.41, 5.74) is 6.28. The molecular weight excluding hydrogens is 202 g/mol. The summed E-state index contributed by atoms with van der Waals surface area (Å²) in [6.45, 7) is 3.05. The first-order valence-corrected chi connectivity index (χ1v) is 5.61. The Bertz CT molecular complexity index is 313. The molecule has 0 aliphatic heterocycles. The zero-order valence-electron chi connectivity index (χ0n) is 9.65. The number of nitrogens with one attached hydrogen (secondary N) is 1. The van der Waals surface area contributed by atoms with Gasteiger partial charge in [0.1, 0.15) is 0 Å². The molecule has 1 aromatic rings. The molecule has 0 aliphatic rings. The fourth-order valence-electron chi connectivity index (χ4n) is 1.41. The van der Waals surface area contributed by atoms with Crippen molar-refractivity contribution in [3.8, 4) is 0 Å². The number of aromatic nitrogens is 1. The zero-order chi connectivity index (χ0) is 11.8. The number of hydrogen-bond acceptors (Lipinski definition) is 3. The lowest BCUT2D eigenvalue weighted by Gasteiger charge is -2.11. The zero-order valence-corrected chi connectivity index (χ0v) is 9.65. The summed E-state index contributed by atoms with van der Waals surface area (Å²) < 4.78 is 0. The third-order valence-corrected chi connectivity index (χ3v) is 2.46. The monoisotopic (exact) mass is 221 g/mol. The van der Waals surface area contributed by atoms with E-state index in [-0.39, 0.29) is 11.8 Å². The van der Waals surface area contributed by atoms with E-state index in [9.17, 15) is 4.79 Å². The highest BCUT2D eigenvalue weighted by Crippen LogP contribution is 2.04. The van der Waals surface area contributed by atoms with E-state index in [2.05, 4.69) is 10.3 Å². The molecule has 0 saturated carbocycles. The van der Waals surface area contributed by atoms with Gasteiger partial charge in [0.15, 0.2) is 0 Å². The molecule has 3 N–H and O–H groups in total. The molecular formula is C12H19N3O. The molecule has 16 heavy (non-hydrogen) atoms. The van der Waals surface area contributed by atoms with E-state index in [1.807, 2.05) is 25.1 Å². The predicted octanol–water partition coefficient (Wildman–Crippen LogP) is 1.07. The molecule has 0 bridgehead atoms. The first-order chi connectivity index (χ1) is 7.74. The van der Waals surface area contributed by atoms with Crippen molar-refractivity contribution in [1.82, 2.24) is 10.3 Å². The molecule has 4 heteroatoms. The molecule has 0 fully saturated rings. The van der Waals surface area contributed by atoms with Gasteiger partial charge in [0.25, 0.3) is 0 Å². The van der Waals surface area contributed by atoms with Gasteiger partial charge in [-0.1, -0.05) is 13.0 Å². The minimum atomic E-state index is 0.0206. The van der Waals surface area contributed by atoms with Gasteiger partial charge in [0.05, 0.1) is 12.2 Å². The molecule has 1 heterocycles. The van der Waals surface area contributed by atoms with Crippen LogP contribution >= 0.6 is 0 Å². The largest absolute Gasteiger partial charge is 0.350 e. The Morgan fingerprint density at radius 1 is 1.56 bits per heavy atom. The number of nitrogens with zero attached hydrogens (tertiary/aromatic N) is 1. The molecule has 4 nitrogen and oxygen atoms in total. The molecule has 1 amide bonds. The SMILES string of the molecule is CC(CCCN)C(=O)NCc1ccccn1. The molecule has 88 valence electrons. The fourth-order valence-corrected chi connectivity index (χ4v) is 1.41. The van der Waals surface area contributed by atoms with E-state index >= 15 is 0 Å². The fraction of sp³-hybridized carbons (Fsp3) is 0.500. The Morgan fingerprint density at radius 3 is 3.00 bits per heavy atom. The number of carbonyl (C=O) groups is 1. The Kier molecular flexibility index (Phi) is 5.50. The molecule has 1 unspecified atom stereocenters. The lowest BCUT2D eigenvalue weighted by Crippen LogP contribution is -2.29. The number of rotatable bonds is 6. The second-order valence-corrected chi connectivity index (χ2v) is 3.87. The van der Waals surface area contributed by atoms with Crippen molar-refractivity contribution in [1.29, 1.82) is 0 Å². The molecule has 1 atom stereocenters. The normalized spacial score (nSPS) is 12.1. The lowest BCUT2D eigenvalue weighted by molar-refractivity contribution is -0.124. The van der Waals surface area contributed by atoms with Gasteiger partial charge in [0.2, 0.25) is 5.91 Å². The van der Waals surface area contributed by atoms with Crippen LogP contribution in [0.4, 0.5) is 0 Å². The molecule has 0 saturated heterocycles. The lowest BCUT2D eigenvalue weighted by atomic mass is 10.1. The van der Waals surface area contributed by atoms with Crippen LogP contribution in [-0.4, -0.2) is 17.4 Å². The molecule has 1 rings (SSSR count). The summed E-state index contributed by atoms with van der Waals surface area (Å²) in [6.07, 6.45) is 3.45. The summed E-state index contributed by atoms with van der Waals surface area (Å²) in [5.74, 6) is 0.0892. The Morgan fingerprint density at radius 2 is 2.38 bits per heavy atom. The summed E-state index contributed by atoms with van der Waals surface area (Å²) in [4.78, 5) is 15.8. The molecule has 1 aromatic heterocycles. The minimum absolute atomic E-state index is 0.0206. The van der Waals surface area contributed by atoms with E-state index in [1.165, 1.54) is 0 Å². The third-order valence-electron chi connectivity index (χ3n) is 2.46. The summed E-state index contributed by atoms with van der Waals surface area (Å²) in [6, 6.07) is 5.66. The van der Waals surface area contributed by atoms with Crippen LogP contribution in [0.1, 0.15) is 25.5 Å². The average Bonchev–Trinajstić information content (AvgIpc) is 2.34. The summed E-state index contributed by atoms with van der Waals surface area (Å²) in [5, 5.41) is 2.87. The quantitative estimate of drug-likeness (QED) is 0.755. The highest BCUT2D eigenvalue weighted by Gasteiger charge is 2.11. The number of nitrogens with two attached hydrogens (primary N) is 1. The molecule has 0 radical (unpaired) electrons. The second kappa shape index (κ2) is 6.95. The summed E-state index contributed by atoms with van der Waals surface area (Å²) >= 11 is 0. The van der Waals surface area contributed by atoms with Gasteiger partial charge >= 0.3 is 0 Å². The molecule has 0 spiro atoms. The maximum absolute atomic E-state index is 11.6. The minimum Gasteiger partial charge on any atom is -0.350 e. The van der Waals surface area contributed by atoms with E-state index < -0.39 is 0 Å². The van der Waals surface area contributed by atoms with Crippen LogP contribution in [-0.2, 0) is 11.3 Å². The first-order valence-electron chi connectivity index (χ1n) is 5.61. The van der Waals surface area contributed by atoms with Gasteiger partial charge in [-0.3, -0.25) is 9.78 Å². The maximum Gasteiger partial charge on any atom is 0.223 e. The van der Waals surface area contributed by atoms with Gasteiger partial charge < -0.3 is 11.1 Å². The van der Waals surface area contributed by atoms with E-state index in [1.54, 1.807) is 6.20 Å². The van der Waals surface area contributed by atoms with Crippen LogP contribution < -0.4 is 11.1 Å². The molecule has 0 aliphatic carbocycles. The van der Waals surface area contributed by atoms with Gasteiger partial charge in [0, 0.05) is 12.1 Å². The number of pyridine rings is 1. The Balaban J connectivity index is 2.29. The predicted molar refractivity (Wildman–Crippen MR) is 63.5 cm³/mol. The van der Waals surface area contributed by atoms with Crippen molar-refractivity contribution in [2.75, 3.05) is 6.54 Å². The van der Waals surface area contributed by atoms with Gasteiger partial charge in [-0.15, -0.1) is 0 Å². The van der Waals surface area contributed by atoms with Crippen molar-refractivity contribution in [2.24, 2.45) is 11.7 Å². The van der Waals surface area contributed by atoms with E-state index in [0.29, 0.717) is 13.1 Å². The van der Waals surface area contributed by atoms with Gasteiger partial charge in [-0.25, -0.2) is 0 Å². The topological polar surface area (TPSA) is 68.0 Å². The smallest absolute Gasteiger partial charge is 0.223 e. The maximum atomic E-state index is 11.6. The van der Waals surface area contributed by atoms with Gasteiger partial charge in [-0.05, 0) is 31.5 Å². The van der Waals surface area contributed by atoms with Crippen molar-refractivity contribution < 1.29 is 4.79 Å². The van der Waals surface area contributed by atoms with Crippen molar-refractivity contribution >= 4 is 5.91 Å². The van der Waals surface area contributed by atoms with Crippen molar-refractivity contribution in [3.63, 3.8) is 0 Å². The number of carbonyl (C=O) groups excluding carboxylic acids is 1. The van der Waals surface area contributed by atoms with Crippen LogP contribution in [0.15, 0.2) is 24.4 Å².